The summed E-state index contributed by atoms with van der Waals surface area (Å²) in [5.74, 6) is 0. The third-order valence-corrected chi connectivity index (χ3v) is 2.95. The molecule has 0 saturated carbocycles. The van der Waals surface area contributed by atoms with Crippen LogP contribution < -0.4 is 5.73 Å². The molecule has 0 aliphatic rings. The number of anilines is 1. The first kappa shape index (κ1) is 8.79. The summed E-state index contributed by atoms with van der Waals surface area (Å²) in [5.41, 5.74) is 7.45. The van der Waals surface area contributed by atoms with Crippen molar-refractivity contribution in [2.75, 3.05) is 5.73 Å². The molecule has 0 bridgehead atoms. The van der Waals surface area contributed by atoms with Crippen LogP contribution >= 0.6 is 11.3 Å². The zero-order chi connectivity index (χ0) is 9.97. The van der Waals surface area contributed by atoms with Crippen molar-refractivity contribution in [1.82, 2.24) is 0 Å². The van der Waals surface area contributed by atoms with E-state index < -0.39 is 0 Å². The quantitative estimate of drug-likeness (QED) is 0.719. The van der Waals surface area contributed by atoms with E-state index in [4.69, 9.17) is 11.0 Å². The van der Waals surface area contributed by atoms with Gasteiger partial charge in [0, 0.05) is 10.6 Å². The zero-order valence-corrected chi connectivity index (χ0v) is 8.21. The van der Waals surface area contributed by atoms with Crippen molar-refractivity contribution in [1.29, 1.82) is 5.26 Å². The highest BCUT2D eigenvalue weighted by Gasteiger charge is 2.01. The Morgan fingerprint density at radius 3 is 2.36 bits per heavy atom. The Balaban J connectivity index is 2.40. The summed E-state index contributed by atoms with van der Waals surface area (Å²) in [6.45, 7) is 0. The number of nitrogens with zero attached hydrogens (tertiary/aromatic N) is 1. The Morgan fingerprint density at radius 1 is 1.07 bits per heavy atom. The molecular weight excluding hydrogens is 192 g/mol. The molecule has 0 amide bonds. The van der Waals surface area contributed by atoms with Gasteiger partial charge in [0.15, 0.2) is 0 Å². The molecule has 2 N–H and O–H groups in total. The highest BCUT2D eigenvalue weighted by molar-refractivity contribution is 7.16. The largest absolute Gasteiger partial charge is 0.399 e. The number of benzene rings is 1. The lowest BCUT2D eigenvalue weighted by Crippen LogP contribution is -1.82. The minimum atomic E-state index is 0.733. The molecule has 0 atom stereocenters. The fourth-order valence-electron chi connectivity index (χ4n) is 1.20. The van der Waals surface area contributed by atoms with Gasteiger partial charge in [0.05, 0.1) is 0 Å². The number of thiophene rings is 1. The van der Waals surface area contributed by atoms with Crippen LogP contribution in [0, 0.1) is 11.3 Å². The van der Waals surface area contributed by atoms with Crippen molar-refractivity contribution in [2.24, 2.45) is 0 Å². The first-order valence-electron chi connectivity index (χ1n) is 4.15. The fourth-order valence-corrected chi connectivity index (χ4v) is 2.01. The van der Waals surface area contributed by atoms with Gasteiger partial charge in [-0.3, -0.25) is 0 Å². The highest BCUT2D eigenvalue weighted by Crippen LogP contribution is 2.27. The lowest BCUT2D eigenvalue weighted by atomic mass is 10.2. The average molecular weight is 200 g/mol. The van der Waals surface area contributed by atoms with E-state index in [0.29, 0.717) is 0 Å². The molecule has 2 nitrogen and oxygen atoms in total. The maximum Gasteiger partial charge on any atom is 0.110 e. The molecule has 1 aromatic carbocycles. The van der Waals surface area contributed by atoms with Crippen LogP contribution in [0.3, 0.4) is 0 Å². The average Bonchev–Trinajstić information content (AvgIpc) is 2.67. The van der Waals surface area contributed by atoms with Crippen molar-refractivity contribution in [3.63, 3.8) is 0 Å². The summed E-state index contributed by atoms with van der Waals surface area (Å²) < 4.78 is 0. The zero-order valence-electron chi connectivity index (χ0n) is 7.40. The maximum atomic E-state index is 8.68. The summed E-state index contributed by atoms with van der Waals surface area (Å²) >= 11 is 1.49. The molecule has 0 radical (unpaired) electrons. The smallest absolute Gasteiger partial charge is 0.110 e. The molecule has 3 heteroatoms. The third-order valence-electron chi connectivity index (χ3n) is 1.91. The minimum absolute atomic E-state index is 0.733. The van der Waals surface area contributed by atoms with Crippen molar-refractivity contribution >= 4 is 17.0 Å². The molecular formula is C11H8N2S. The van der Waals surface area contributed by atoms with Gasteiger partial charge in [-0.2, -0.15) is 5.26 Å². The molecule has 0 aliphatic heterocycles. The Bertz CT molecular complexity index is 477. The van der Waals surface area contributed by atoms with Crippen LogP contribution in [0.2, 0.25) is 0 Å². The van der Waals surface area contributed by atoms with Crippen molar-refractivity contribution < 1.29 is 0 Å². The SMILES string of the molecule is N#Cc1ccc(-c2ccc(N)cc2)s1. The van der Waals surface area contributed by atoms with Crippen LogP contribution in [-0.4, -0.2) is 0 Å². The molecule has 1 heterocycles. The Morgan fingerprint density at radius 2 is 1.79 bits per heavy atom. The van der Waals surface area contributed by atoms with E-state index in [1.54, 1.807) is 0 Å². The van der Waals surface area contributed by atoms with E-state index in [1.807, 2.05) is 36.4 Å². The molecule has 0 aliphatic carbocycles. The van der Waals surface area contributed by atoms with Gasteiger partial charge in [0.2, 0.25) is 0 Å². The standard InChI is InChI=1S/C11H8N2S/c12-7-10-5-6-11(14-10)8-1-3-9(13)4-2-8/h1-6H,13H2. The molecule has 14 heavy (non-hydrogen) atoms. The molecule has 0 saturated heterocycles. The first-order valence-corrected chi connectivity index (χ1v) is 4.97. The second kappa shape index (κ2) is 3.52. The number of nitrogens with two attached hydrogens (primary N) is 1. The third kappa shape index (κ3) is 1.61. The summed E-state index contributed by atoms with van der Waals surface area (Å²) in [6, 6.07) is 13.6. The van der Waals surface area contributed by atoms with Crippen LogP contribution in [0.5, 0.6) is 0 Å². The number of nitriles is 1. The monoisotopic (exact) mass is 200 g/mol. The minimum Gasteiger partial charge on any atom is -0.399 e. The van der Waals surface area contributed by atoms with E-state index >= 15 is 0 Å². The lowest BCUT2D eigenvalue weighted by Gasteiger charge is -1.96. The number of nitrogen functional groups attached to an aromatic ring is 1. The van der Waals surface area contributed by atoms with Gasteiger partial charge in [-0.15, -0.1) is 11.3 Å². The molecule has 0 unspecified atom stereocenters. The molecule has 2 rings (SSSR count). The van der Waals surface area contributed by atoms with Crippen molar-refractivity contribution in [3.05, 3.63) is 41.3 Å². The number of rotatable bonds is 1. The van der Waals surface area contributed by atoms with Crippen LogP contribution in [0.1, 0.15) is 4.88 Å². The molecule has 68 valence electrons. The topological polar surface area (TPSA) is 49.8 Å². The predicted octanol–water partition coefficient (Wildman–Crippen LogP) is 2.87. The van der Waals surface area contributed by atoms with E-state index in [9.17, 15) is 0 Å². The highest BCUT2D eigenvalue weighted by atomic mass is 32.1. The molecule has 1 aromatic heterocycles. The number of hydrogen-bond donors (Lipinski definition) is 1. The second-order valence-corrected chi connectivity index (χ2v) is 3.98. The fraction of sp³-hybridized carbons (Fsp3) is 0. The lowest BCUT2D eigenvalue weighted by molar-refractivity contribution is 1.52. The Kier molecular flexibility index (Phi) is 2.21. The molecule has 0 fully saturated rings. The van der Waals surface area contributed by atoms with E-state index in [-0.39, 0.29) is 0 Å². The van der Waals surface area contributed by atoms with Gasteiger partial charge in [0.1, 0.15) is 10.9 Å². The Hall–Kier alpha value is -1.79. The number of hydrogen-bond acceptors (Lipinski definition) is 3. The van der Waals surface area contributed by atoms with Crippen molar-refractivity contribution in [3.8, 4) is 16.5 Å². The van der Waals surface area contributed by atoms with Gasteiger partial charge in [0.25, 0.3) is 0 Å². The molecule has 0 spiro atoms. The van der Waals surface area contributed by atoms with Crippen LogP contribution in [0.4, 0.5) is 5.69 Å². The van der Waals surface area contributed by atoms with E-state index in [0.717, 1.165) is 21.0 Å². The van der Waals surface area contributed by atoms with Gasteiger partial charge in [-0.25, -0.2) is 0 Å². The van der Waals surface area contributed by atoms with Gasteiger partial charge >= 0.3 is 0 Å². The summed E-state index contributed by atoms with van der Waals surface area (Å²) in [5, 5.41) is 8.68. The van der Waals surface area contributed by atoms with E-state index in [2.05, 4.69) is 6.07 Å². The normalized spacial score (nSPS) is 9.64. The second-order valence-electron chi connectivity index (χ2n) is 2.90. The van der Waals surface area contributed by atoms with Crippen LogP contribution in [0.25, 0.3) is 10.4 Å². The maximum absolute atomic E-state index is 8.68. The van der Waals surface area contributed by atoms with Gasteiger partial charge in [-0.05, 0) is 29.8 Å². The molecule has 2 aromatic rings. The van der Waals surface area contributed by atoms with Gasteiger partial charge < -0.3 is 5.73 Å². The van der Waals surface area contributed by atoms with Crippen LogP contribution in [0.15, 0.2) is 36.4 Å². The predicted molar refractivity (Wildman–Crippen MR) is 58.9 cm³/mol. The van der Waals surface area contributed by atoms with E-state index in [1.165, 1.54) is 11.3 Å². The summed E-state index contributed by atoms with van der Waals surface area (Å²) in [7, 11) is 0. The Labute approximate surface area is 86.2 Å². The summed E-state index contributed by atoms with van der Waals surface area (Å²) in [6.07, 6.45) is 0. The van der Waals surface area contributed by atoms with Gasteiger partial charge in [-0.1, -0.05) is 12.1 Å². The van der Waals surface area contributed by atoms with Crippen molar-refractivity contribution in [2.45, 2.75) is 0 Å². The first-order chi connectivity index (χ1) is 6.79. The van der Waals surface area contributed by atoms with Crippen LogP contribution in [-0.2, 0) is 0 Å². The summed E-state index contributed by atoms with van der Waals surface area (Å²) in [4.78, 5) is 1.83.